The number of hydrogen-bond donors (Lipinski definition) is 1. The highest BCUT2D eigenvalue weighted by Gasteiger charge is 2.17. The lowest BCUT2D eigenvalue weighted by Gasteiger charge is -2.09. The number of benzene rings is 1. The van der Waals surface area contributed by atoms with E-state index in [0.29, 0.717) is 17.2 Å². The SMILES string of the molecule is CNc1c(N=Nc2nc(C#N)c(C#N)n2C)c(C)nn1-c1cc(C)cc(C)c1. The van der Waals surface area contributed by atoms with Gasteiger partial charge in [-0.15, -0.1) is 10.2 Å². The van der Waals surface area contributed by atoms with E-state index in [2.05, 4.69) is 31.7 Å². The summed E-state index contributed by atoms with van der Waals surface area (Å²) in [5, 5.41) is 34.4. The van der Waals surface area contributed by atoms with E-state index in [4.69, 9.17) is 5.26 Å². The Morgan fingerprint density at radius 2 is 1.71 bits per heavy atom. The van der Waals surface area contributed by atoms with Gasteiger partial charge in [0.1, 0.15) is 12.1 Å². The number of nitrogens with zero attached hydrogens (tertiary/aromatic N) is 8. The van der Waals surface area contributed by atoms with Crippen LogP contribution in [-0.4, -0.2) is 26.4 Å². The summed E-state index contributed by atoms with van der Waals surface area (Å²) in [7, 11) is 3.41. The number of hydrogen-bond acceptors (Lipinski definition) is 7. The molecule has 0 aliphatic carbocycles. The second-order valence-corrected chi connectivity index (χ2v) is 6.38. The number of azo groups is 1. The van der Waals surface area contributed by atoms with Gasteiger partial charge in [-0.2, -0.15) is 20.6 Å². The van der Waals surface area contributed by atoms with Gasteiger partial charge in [0.2, 0.25) is 0 Å². The Hall–Kier alpha value is -3.98. The molecule has 0 saturated carbocycles. The fraction of sp³-hybridized carbons (Fsp3) is 0.263. The van der Waals surface area contributed by atoms with Crippen molar-refractivity contribution in [3.63, 3.8) is 0 Å². The summed E-state index contributed by atoms with van der Waals surface area (Å²) in [6.07, 6.45) is 0. The predicted octanol–water partition coefficient (Wildman–Crippen LogP) is 3.73. The molecule has 0 saturated heterocycles. The van der Waals surface area contributed by atoms with Crippen LogP contribution in [-0.2, 0) is 7.05 Å². The summed E-state index contributed by atoms with van der Waals surface area (Å²) in [6.45, 7) is 5.91. The van der Waals surface area contributed by atoms with Gasteiger partial charge in [-0.25, -0.2) is 4.68 Å². The van der Waals surface area contributed by atoms with E-state index in [1.165, 1.54) is 4.57 Å². The topological polar surface area (TPSA) is 120 Å². The number of aromatic nitrogens is 4. The molecule has 0 spiro atoms. The van der Waals surface area contributed by atoms with Crippen LogP contribution in [0.25, 0.3) is 5.69 Å². The third-order valence-corrected chi connectivity index (χ3v) is 4.24. The van der Waals surface area contributed by atoms with Crippen LogP contribution < -0.4 is 5.32 Å². The second kappa shape index (κ2) is 7.33. The van der Waals surface area contributed by atoms with Gasteiger partial charge in [0.25, 0.3) is 5.95 Å². The quantitative estimate of drug-likeness (QED) is 0.699. The Bertz CT molecular complexity index is 1150. The lowest BCUT2D eigenvalue weighted by atomic mass is 10.1. The summed E-state index contributed by atoms with van der Waals surface area (Å²) in [5.41, 5.74) is 4.60. The maximum atomic E-state index is 9.17. The fourth-order valence-corrected chi connectivity index (χ4v) is 3.00. The molecule has 0 aliphatic heterocycles. The molecule has 1 aromatic carbocycles. The molecule has 0 radical (unpaired) electrons. The highest BCUT2D eigenvalue weighted by atomic mass is 15.4. The Morgan fingerprint density at radius 3 is 2.25 bits per heavy atom. The zero-order valence-electron chi connectivity index (χ0n) is 16.3. The van der Waals surface area contributed by atoms with Crippen molar-refractivity contribution in [2.45, 2.75) is 20.8 Å². The smallest absolute Gasteiger partial charge is 0.251 e. The maximum absolute atomic E-state index is 9.17. The summed E-state index contributed by atoms with van der Waals surface area (Å²) in [6, 6.07) is 10.0. The van der Waals surface area contributed by atoms with Crippen molar-refractivity contribution in [2.75, 3.05) is 12.4 Å². The van der Waals surface area contributed by atoms with Gasteiger partial charge in [-0.1, -0.05) is 6.07 Å². The molecule has 0 bridgehead atoms. The molecule has 1 N–H and O–H groups in total. The van der Waals surface area contributed by atoms with Crippen molar-refractivity contribution in [1.82, 2.24) is 19.3 Å². The van der Waals surface area contributed by atoms with Gasteiger partial charge in [-0.3, -0.25) is 0 Å². The average molecular weight is 373 g/mol. The molecule has 0 unspecified atom stereocenters. The standard InChI is InChI=1S/C19H19N9/c1-11-6-12(2)8-14(7-11)28-18(22-4)17(13(3)26-28)24-25-19-23-15(9-20)16(10-21)27(19)5/h6-8,22H,1-5H3. The van der Waals surface area contributed by atoms with E-state index in [9.17, 15) is 5.26 Å². The van der Waals surface area contributed by atoms with Gasteiger partial charge >= 0.3 is 0 Å². The summed E-state index contributed by atoms with van der Waals surface area (Å²) < 4.78 is 3.22. The van der Waals surface area contributed by atoms with Crippen LogP contribution in [0.3, 0.4) is 0 Å². The van der Waals surface area contributed by atoms with E-state index >= 15 is 0 Å². The molecule has 9 heteroatoms. The van der Waals surface area contributed by atoms with Crippen molar-refractivity contribution >= 4 is 17.5 Å². The normalized spacial score (nSPS) is 10.8. The first-order chi connectivity index (χ1) is 13.4. The van der Waals surface area contributed by atoms with Crippen LogP contribution in [0.15, 0.2) is 28.4 Å². The molecule has 3 rings (SSSR count). The number of nitriles is 2. The number of imidazole rings is 1. The zero-order chi connectivity index (χ0) is 20.4. The minimum Gasteiger partial charge on any atom is -0.371 e. The lowest BCUT2D eigenvalue weighted by Crippen LogP contribution is -2.03. The molecule has 2 aromatic heterocycles. The zero-order valence-corrected chi connectivity index (χ0v) is 16.3. The van der Waals surface area contributed by atoms with E-state index in [0.717, 1.165) is 16.8 Å². The Labute approximate surface area is 162 Å². The first-order valence-electron chi connectivity index (χ1n) is 8.54. The minimum absolute atomic E-state index is 0.0236. The molecule has 0 atom stereocenters. The third kappa shape index (κ3) is 3.21. The minimum atomic E-state index is 0.0236. The molecule has 140 valence electrons. The van der Waals surface area contributed by atoms with Crippen LogP contribution in [0.5, 0.6) is 0 Å². The van der Waals surface area contributed by atoms with E-state index in [1.807, 2.05) is 45.0 Å². The molecule has 0 amide bonds. The monoisotopic (exact) mass is 373 g/mol. The van der Waals surface area contributed by atoms with E-state index < -0.39 is 0 Å². The number of nitrogens with one attached hydrogen (secondary N) is 1. The van der Waals surface area contributed by atoms with Crippen LogP contribution in [0.4, 0.5) is 17.5 Å². The van der Waals surface area contributed by atoms with Crippen LogP contribution in [0, 0.1) is 43.4 Å². The Kier molecular flexibility index (Phi) is 4.92. The van der Waals surface area contributed by atoms with Crippen molar-refractivity contribution in [3.05, 3.63) is 46.4 Å². The number of rotatable bonds is 4. The van der Waals surface area contributed by atoms with Gasteiger partial charge in [0.15, 0.2) is 22.9 Å². The number of aryl methyl sites for hydroxylation is 3. The van der Waals surface area contributed by atoms with Gasteiger partial charge < -0.3 is 9.88 Å². The van der Waals surface area contributed by atoms with Gasteiger partial charge in [-0.05, 0) is 44.0 Å². The molecular weight excluding hydrogens is 354 g/mol. The highest BCUT2D eigenvalue weighted by Crippen LogP contribution is 2.33. The lowest BCUT2D eigenvalue weighted by molar-refractivity contribution is 0.864. The molecule has 28 heavy (non-hydrogen) atoms. The summed E-state index contributed by atoms with van der Waals surface area (Å²) in [5.74, 6) is 0.857. The van der Waals surface area contributed by atoms with Crippen molar-refractivity contribution in [3.8, 4) is 17.8 Å². The van der Waals surface area contributed by atoms with Crippen molar-refractivity contribution in [2.24, 2.45) is 17.3 Å². The first kappa shape index (κ1) is 18.8. The first-order valence-corrected chi connectivity index (χ1v) is 8.54. The molecule has 2 heterocycles. The molecular formula is C19H19N9. The summed E-state index contributed by atoms with van der Waals surface area (Å²) >= 11 is 0. The van der Waals surface area contributed by atoms with Crippen molar-refractivity contribution < 1.29 is 0 Å². The maximum Gasteiger partial charge on any atom is 0.251 e. The summed E-state index contributed by atoms with van der Waals surface area (Å²) in [4.78, 5) is 4.06. The highest BCUT2D eigenvalue weighted by molar-refractivity contribution is 5.66. The van der Waals surface area contributed by atoms with Crippen LogP contribution >= 0.6 is 0 Å². The second-order valence-electron chi connectivity index (χ2n) is 6.38. The predicted molar refractivity (Wildman–Crippen MR) is 104 cm³/mol. The molecule has 9 nitrogen and oxygen atoms in total. The van der Waals surface area contributed by atoms with Gasteiger partial charge in [0, 0.05) is 14.1 Å². The van der Waals surface area contributed by atoms with Crippen molar-refractivity contribution in [1.29, 1.82) is 10.5 Å². The Morgan fingerprint density at radius 1 is 1.04 bits per heavy atom. The molecule has 3 aromatic rings. The number of anilines is 1. The van der Waals surface area contributed by atoms with Crippen LogP contribution in [0.2, 0.25) is 0 Å². The third-order valence-electron chi connectivity index (χ3n) is 4.24. The largest absolute Gasteiger partial charge is 0.371 e. The van der Waals surface area contributed by atoms with Gasteiger partial charge in [0.05, 0.1) is 11.4 Å². The average Bonchev–Trinajstić information content (AvgIpc) is 3.14. The van der Waals surface area contributed by atoms with E-state index in [1.54, 1.807) is 18.8 Å². The fourth-order valence-electron chi connectivity index (χ4n) is 3.00. The molecule has 0 fully saturated rings. The Balaban J connectivity index is 2.08. The molecule has 0 aliphatic rings. The van der Waals surface area contributed by atoms with E-state index in [-0.39, 0.29) is 17.3 Å². The van der Waals surface area contributed by atoms with Crippen LogP contribution in [0.1, 0.15) is 28.2 Å².